The Morgan fingerprint density at radius 3 is 2.95 bits per heavy atom. The van der Waals surface area contributed by atoms with Gasteiger partial charge in [0.15, 0.2) is 0 Å². The Bertz CT molecular complexity index is 399. The lowest BCUT2D eigenvalue weighted by molar-refractivity contribution is 0.172. The molecule has 1 aliphatic rings. The van der Waals surface area contributed by atoms with E-state index in [9.17, 15) is 4.39 Å². The molecule has 2 unspecified atom stereocenters. The Labute approximate surface area is 114 Å². The lowest BCUT2D eigenvalue weighted by Gasteiger charge is -2.38. The molecular weight excluding hydrogens is 243 g/mol. The number of nitrogens with one attached hydrogen (secondary N) is 1. The van der Waals surface area contributed by atoms with Gasteiger partial charge >= 0.3 is 0 Å². The molecule has 4 heteroatoms. The highest BCUT2D eigenvalue weighted by molar-refractivity contribution is 5.22. The van der Waals surface area contributed by atoms with E-state index >= 15 is 0 Å². The molecule has 0 radical (unpaired) electrons. The number of hydrogen-bond donors (Lipinski definition) is 2. The number of likely N-dealkylation sites (tertiary alicyclic amines) is 1. The lowest BCUT2D eigenvalue weighted by Crippen LogP contribution is -2.49. The average molecular weight is 266 g/mol. The fourth-order valence-electron chi connectivity index (χ4n) is 2.87. The van der Waals surface area contributed by atoms with Crippen LogP contribution in [-0.2, 0) is 0 Å². The summed E-state index contributed by atoms with van der Waals surface area (Å²) in [6.07, 6.45) is 1.000. The van der Waals surface area contributed by atoms with E-state index in [-0.39, 0.29) is 12.4 Å². The van der Waals surface area contributed by atoms with Crippen LogP contribution in [0.4, 0.5) is 4.39 Å². The van der Waals surface area contributed by atoms with Gasteiger partial charge in [0.25, 0.3) is 0 Å². The predicted octanol–water partition coefficient (Wildman–Crippen LogP) is 1.59. The molecular formula is C15H23FN2O. The van der Waals surface area contributed by atoms with E-state index in [1.165, 1.54) is 6.07 Å². The molecule has 0 amide bonds. The van der Waals surface area contributed by atoms with Crippen molar-refractivity contribution < 1.29 is 9.50 Å². The Hall–Kier alpha value is -0.970. The zero-order valence-corrected chi connectivity index (χ0v) is 11.5. The van der Waals surface area contributed by atoms with Crippen LogP contribution in [0.25, 0.3) is 0 Å². The van der Waals surface area contributed by atoms with Gasteiger partial charge in [-0.15, -0.1) is 0 Å². The number of piperidine rings is 1. The first-order valence-corrected chi connectivity index (χ1v) is 7.05. The van der Waals surface area contributed by atoms with E-state index in [1.54, 1.807) is 12.1 Å². The fraction of sp³-hybridized carbons (Fsp3) is 0.600. The maximum absolute atomic E-state index is 13.3. The van der Waals surface area contributed by atoms with Crippen molar-refractivity contribution in [2.24, 2.45) is 0 Å². The highest BCUT2D eigenvalue weighted by atomic mass is 19.1. The molecule has 2 N–H and O–H groups in total. The first kappa shape index (κ1) is 14.4. The van der Waals surface area contributed by atoms with Gasteiger partial charge in [-0.3, -0.25) is 0 Å². The minimum Gasteiger partial charge on any atom is -0.395 e. The second kappa shape index (κ2) is 6.98. The van der Waals surface area contributed by atoms with Crippen LogP contribution in [0.15, 0.2) is 24.3 Å². The first-order valence-electron chi connectivity index (χ1n) is 7.05. The summed E-state index contributed by atoms with van der Waals surface area (Å²) in [6, 6.07) is 7.30. The second-order valence-electron chi connectivity index (χ2n) is 5.21. The molecule has 0 spiro atoms. The molecule has 106 valence electrons. The highest BCUT2D eigenvalue weighted by Crippen LogP contribution is 2.27. The summed E-state index contributed by atoms with van der Waals surface area (Å²) in [7, 11) is 0. The summed E-state index contributed by atoms with van der Waals surface area (Å²) in [6.45, 7) is 5.92. The summed E-state index contributed by atoms with van der Waals surface area (Å²) in [5.74, 6) is 0.201. The minimum absolute atomic E-state index is 0.160. The summed E-state index contributed by atoms with van der Waals surface area (Å²) < 4.78 is 13.3. The largest absolute Gasteiger partial charge is 0.395 e. The molecule has 1 heterocycles. The molecule has 1 fully saturated rings. The van der Waals surface area contributed by atoms with Crippen molar-refractivity contribution in [1.82, 2.24) is 10.2 Å². The standard InChI is InChI=1S/C15H23FN2O/c1-2-18-10-13(9-15(11-18)17-6-7-19)12-4-3-5-14(16)8-12/h3-5,8,13,15,17,19H,2,6-7,9-11H2,1H3. The molecule has 19 heavy (non-hydrogen) atoms. The number of halogens is 1. The Morgan fingerprint density at radius 2 is 2.26 bits per heavy atom. The maximum Gasteiger partial charge on any atom is 0.123 e. The molecule has 0 bridgehead atoms. The van der Waals surface area contributed by atoms with Crippen molar-refractivity contribution in [3.8, 4) is 0 Å². The second-order valence-corrected chi connectivity index (χ2v) is 5.21. The van der Waals surface area contributed by atoms with Crippen LogP contribution < -0.4 is 5.32 Å². The number of aliphatic hydroxyl groups excluding tert-OH is 1. The number of rotatable bonds is 5. The van der Waals surface area contributed by atoms with Crippen molar-refractivity contribution in [3.63, 3.8) is 0 Å². The lowest BCUT2D eigenvalue weighted by atomic mass is 9.88. The van der Waals surface area contributed by atoms with E-state index in [0.717, 1.165) is 31.6 Å². The van der Waals surface area contributed by atoms with Crippen LogP contribution in [0.5, 0.6) is 0 Å². The van der Waals surface area contributed by atoms with Crippen LogP contribution in [-0.4, -0.2) is 48.8 Å². The summed E-state index contributed by atoms with van der Waals surface area (Å²) >= 11 is 0. The third kappa shape index (κ3) is 4.00. The van der Waals surface area contributed by atoms with Gasteiger partial charge in [-0.25, -0.2) is 4.39 Å². The summed E-state index contributed by atoms with van der Waals surface area (Å²) in [5, 5.41) is 12.3. The van der Waals surface area contributed by atoms with E-state index in [1.807, 2.05) is 6.07 Å². The number of benzene rings is 1. The Kier molecular flexibility index (Phi) is 5.31. The van der Waals surface area contributed by atoms with Crippen LogP contribution in [0.1, 0.15) is 24.8 Å². The molecule has 2 rings (SSSR count). The summed E-state index contributed by atoms with van der Waals surface area (Å²) in [4.78, 5) is 2.38. The maximum atomic E-state index is 13.3. The van der Waals surface area contributed by atoms with Crippen LogP contribution in [0.2, 0.25) is 0 Å². The normalized spacial score (nSPS) is 24.6. The molecule has 0 aliphatic carbocycles. The third-order valence-electron chi connectivity index (χ3n) is 3.84. The third-order valence-corrected chi connectivity index (χ3v) is 3.84. The summed E-state index contributed by atoms with van der Waals surface area (Å²) in [5.41, 5.74) is 1.08. The van der Waals surface area contributed by atoms with Gasteiger partial charge in [0, 0.05) is 25.7 Å². The van der Waals surface area contributed by atoms with Gasteiger partial charge in [0.1, 0.15) is 5.82 Å². The van der Waals surface area contributed by atoms with Crippen molar-refractivity contribution in [2.75, 3.05) is 32.8 Å². The molecule has 3 nitrogen and oxygen atoms in total. The smallest absolute Gasteiger partial charge is 0.123 e. The molecule has 1 aromatic rings. The molecule has 1 aliphatic heterocycles. The highest BCUT2D eigenvalue weighted by Gasteiger charge is 2.27. The van der Waals surface area contributed by atoms with Gasteiger partial charge in [0.2, 0.25) is 0 Å². The van der Waals surface area contributed by atoms with Crippen molar-refractivity contribution in [1.29, 1.82) is 0 Å². The van der Waals surface area contributed by atoms with Gasteiger partial charge in [-0.2, -0.15) is 0 Å². The Morgan fingerprint density at radius 1 is 1.42 bits per heavy atom. The van der Waals surface area contributed by atoms with Crippen molar-refractivity contribution >= 4 is 0 Å². The van der Waals surface area contributed by atoms with Crippen LogP contribution in [0, 0.1) is 5.82 Å². The van der Waals surface area contributed by atoms with Crippen LogP contribution in [0.3, 0.4) is 0 Å². The molecule has 0 saturated carbocycles. The van der Waals surface area contributed by atoms with E-state index < -0.39 is 0 Å². The predicted molar refractivity (Wildman–Crippen MR) is 74.7 cm³/mol. The van der Waals surface area contributed by atoms with E-state index in [4.69, 9.17) is 5.11 Å². The molecule has 1 aromatic carbocycles. The fourth-order valence-corrected chi connectivity index (χ4v) is 2.87. The number of nitrogens with zero attached hydrogens (tertiary/aromatic N) is 1. The van der Waals surface area contributed by atoms with Crippen molar-refractivity contribution in [2.45, 2.75) is 25.3 Å². The van der Waals surface area contributed by atoms with Gasteiger partial charge in [0.05, 0.1) is 6.61 Å². The number of likely N-dealkylation sites (N-methyl/N-ethyl adjacent to an activating group) is 1. The average Bonchev–Trinajstić information content (AvgIpc) is 2.44. The topological polar surface area (TPSA) is 35.5 Å². The van der Waals surface area contributed by atoms with E-state index in [2.05, 4.69) is 17.1 Å². The Balaban J connectivity index is 2.06. The van der Waals surface area contributed by atoms with Gasteiger partial charge < -0.3 is 15.3 Å². The van der Waals surface area contributed by atoms with Crippen LogP contribution >= 0.6 is 0 Å². The van der Waals surface area contributed by atoms with E-state index in [0.29, 0.717) is 18.5 Å². The quantitative estimate of drug-likeness (QED) is 0.849. The molecule has 1 saturated heterocycles. The first-order chi connectivity index (χ1) is 9.22. The van der Waals surface area contributed by atoms with Crippen molar-refractivity contribution in [3.05, 3.63) is 35.6 Å². The number of hydrogen-bond acceptors (Lipinski definition) is 3. The SMILES string of the molecule is CCN1CC(NCCO)CC(c2cccc(F)c2)C1. The zero-order valence-electron chi connectivity index (χ0n) is 11.5. The van der Waals surface area contributed by atoms with Gasteiger partial charge in [-0.1, -0.05) is 19.1 Å². The molecule has 2 atom stereocenters. The monoisotopic (exact) mass is 266 g/mol. The minimum atomic E-state index is -0.161. The number of aliphatic hydroxyl groups is 1. The molecule has 0 aromatic heterocycles. The zero-order chi connectivity index (χ0) is 13.7. The van der Waals surface area contributed by atoms with Gasteiger partial charge in [-0.05, 0) is 36.6 Å².